The zero-order chi connectivity index (χ0) is 20.6. The highest BCUT2D eigenvalue weighted by molar-refractivity contribution is 5.94. The van der Waals surface area contributed by atoms with Gasteiger partial charge in [0.05, 0.1) is 11.6 Å². The highest BCUT2D eigenvalue weighted by Gasteiger charge is 2.08. The molecule has 3 aromatic rings. The number of benzene rings is 3. The number of halogens is 2. The Labute approximate surface area is 167 Å². The molecular weight excluding hydrogens is 374 g/mol. The summed E-state index contributed by atoms with van der Waals surface area (Å²) in [5.74, 6) is -1.11. The zero-order valence-electron chi connectivity index (χ0n) is 15.5. The molecule has 0 heterocycles. The van der Waals surface area contributed by atoms with Gasteiger partial charge in [0.1, 0.15) is 24.0 Å². The molecular formula is C23H18F2N2O2. The monoisotopic (exact) mass is 392 g/mol. The summed E-state index contributed by atoms with van der Waals surface area (Å²) in [5.41, 5.74) is 2.17. The number of hydrogen-bond donors (Lipinski definition) is 1. The number of hydrogen-bond acceptors (Lipinski definition) is 3. The van der Waals surface area contributed by atoms with Gasteiger partial charge in [-0.3, -0.25) is 4.79 Å². The summed E-state index contributed by atoms with van der Waals surface area (Å²) in [7, 11) is 0. The molecule has 1 N–H and O–H groups in total. The van der Waals surface area contributed by atoms with E-state index in [0.29, 0.717) is 28.9 Å². The number of rotatable bonds is 7. The number of amides is 1. The lowest BCUT2D eigenvalue weighted by atomic mass is 10.1. The molecule has 29 heavy (non-hydrogen) atoms. The molecule has 0 atom stereocenters. The second kappa shape index (κ2) is 9.47. The van der Waals surface area contributed by atoms with E-state index in [1.807, 2.05) is 12.1 Å². The highest BCUT2D eigenvalue weighted by atomic mass is 19.1. The molecule has 0 saturated heterocycles. The van der Waals surface area contributed by atoms with Crippen LogP contribution < -0.4 is 10.1 Å². The molecule has 0 unspecified atom stereocenters. The van der Waals surface area contributed by atoms with Gasteiger partial charge in [0.25, 0.3) is 5.91 Å². The van der Waals surface area contributed by atoms with Crippen LogP contribution in [0, 0.1) is 23.0 Å². The maximum absolute atomic E-state index is 13.2. The summed E-state index contributed by atoms with van der Waals surface area (Å²) >= 11 is 0. The largest absolute Gasteiger partial charge is 0.489 e. The van der Waals surface area contributed by atoms with Gasteiger partial charge >= 0.3 is 0 Å². The molecule has 0 aliphatic carbocycles. The number of nitrogens with zero attached hydrogens (tertiary/aromatic N) is 1. The predicted octanol–water partition coefficient (Wildman–Crippen LogP) is 4.39. The molecule has 0 bridgehead atoms. The van der Waals surface area contributed by atoms with Gasteiger partial charge in [-0.1, -0.05) is 24.3 Å². The molecule has 0 aromatic heterocycles. The van der Waals surface area contributed by atoms with Gasteiger partial charge in [0.2, 0.25) is 0 Å². The lowest BCUT2D eigenvalue weighted by Crippen LogP contribution is -2.25. The number of carbonyl (C=O) groups excluding carboxylic acids is 1. The number of ether oxygens (including phenoxy) is 1. The second-order valence-electron chi connectivity index (χ2n) is 6.37. The van der Waals surface area contributed by atoms with Gasteiger partial charge in [-0.2, -0.15) is 5.26 Å². The lowest BCUT2D eigenvalue weighted by Gasteiger charge is -2.10. The van der Waals surface area contributed by atoms with Gasteiger partial charge in [0.15, 0.2) is 0 Å². The van der Waals surface area contributed by atoms with Crippen LogP contribution in [0.4, 0.5) is 8.78 Å². The minimum absolute atomic E-state index is 0.208. The number of nitriles is 1. The fourth-order valence-corrected chi connectivity index (χ4v) is 2.82. The average molecular weight is 392 g/mol. The lowest BCUT2D eigenvalue weighted by molar-refractivity contribution is 0.0953. The Balaban J connectivity index is 1.57. The third kappa shape index (κ3) is 5.63. The normalized spacial score (nSPS) is 10.2. The predicted molar refractivity (Wildman–Crippen MR) is 104 cm³/mol. The van der Waals surface area contributed by atoms with E-state index >= 15 is 0 Å². The molecule has 0 fully saturated rings. The van der Waals surface area contributed by atoms with Crippen molar-refractivity contribution >= 4 is 5.91 Å². The molecule has 1 amide bonds. The van der Waals surface area contributed by atoms with Crippen LogP contribution in [0.25, 0.3) is 0 Å². The molecule has 4 nitrogen and oxygen atoms in total. The van der Waals surface area contributed by atoms with Crippen molar-refractivity contribution in [2.45, 2.75) is 13.0 Å². The van der Waals surface area contributed by atoms with E-state index in [1.165, 1.54) is 12.1 Å². The van der Waals surface area contributed by atoms with Gasteiger partial charge in [-0.15, -0.1) is 0 Å². The van der Waals surface area contributed by atoms with Gasteiger partial charge < -0.3 is 10.1 Å². The first-order chi connectivity index (χ1) is 14.0. The highest BCUT2D eigenvalue weighted by Crippen LogP contribution is 2.17. The van der Waals surface area contributed by atoms with Crippen LogP contribution in [-0.4, -0.2) is 12.5 Å². The fraction of sp³-hybridized carbons (Fsp3) is 0.130. The van der Waals surface area contributed by atoms with Crippen LogP contribution in [0.15, 0.2) is 66.7 Å². The van der Waals surface area contributed by atoms with Crippen molar-refractivity contribution in [3.8, 4) is 11.8 Å². The summed E-state index contributed by atoms with van der Waals surface area (Å²) < 4.78 is 32.1. The van der Waals surface area contributed by atoms with Crippen LogP contribution in [0.2, 0.25) is 0 Å². The maximum atomic E-state index is 13.2. The fourth-order valence-electron chi connectivity index (χ4n) is 2.82. The minimum atomic E-state index is -0.644. The Kier molecular flexibility index (Phi) is 6.54. The van der Waals surface area contributed by atoms with Crippen molar-refractivity contribution < 1.29 is 18.3 Å². The number of nitrogens with one attached hydrogen (secondary N) is 1. The Bertz CT molecular complexity index is 1040. The quantitative estimate of drug-likeness (QED) is 0.649. The average Bonchev–Trinajstić information content (AvgIpc) is 2.72. The Morgan fingerprint density at radius 2 is 1.76 bits per heavy atom. The number of carbonyl (C=O) groups is 1. The summed E-state index contributed by atoms with van der Waals surface area (Å²) in [6.45, 7) is 0.447. The molecule has 0 aliphatic heterocycles. The summed E-state index contributed by atoms with van der Waals surface area (Å²) in [6.07, 6.45) is 0.307. The summed E-state index contributed by atoms with van der Waals surface area (Å²) in [4.78, 5) is 12.3. The minimum Gasteiger partial charge on any atom is -0.489 e. The molecule has 3 aromatic carbocycles. The van der Waals surface area contributed by atoms with Crippen LogP contribution in [0.5, 0.6) is 5.75 Å². The molecule has 0 spiro atoms. The molecule has 0 saturated carbocycles. The molecule has 146 valence electrons. The van der Waals surface area contributed by atoms with Crippen molar-refractivity contribution in [1.82, 2.24) is 5.32 Å². The van der Waals surface area contributed by atoms with Gasteiger partial charge in [0, 0.05) is 23.7 Å². The van der Waals surface area contributed by atoms with E-state index in [2.05, 4.69) is 11.4 Å². The van der Waals surface area contributed by atoms with E-state index in [1.54, 1.807) is 36.4 Å². The van der Waals surface area contributed by atoms with Crippen LogP contribution in [0.3, 0.4) is 0 Å². The third-order valence-corrected chi connectivity index (χ3v) is 4.25. The first-order valence-corrected chi connectivity index (χ1v) is 8.99. The first-order valence-electron chi connectivity index (χ1n) is 8.99. The molecule has 6 heteroatoms. The molecule has 0 radical (unpaired) electrons. The van der Waals surface area contributed by atoms with Crippen molar-refractivity contribution in [2.75, 3.05) is 6.54 Å². The van der Waals surface area contributed by atoms with E-state index in [-0.39, 0.29) is 19.1 Å². The Morgan fingerprint density at radius 3 is 2.52 bits per heavy atom. The van der Waals surface area contributed by atoms with Gasteiger partial charge in [-0.05, 0) is 48.4 Å². The first kappa shape index (κ1) is 20.0. The smallest absolute Gasteiger partial charge is 0.251 e. The van der Waals surface area contributed by atoms with Crippen molar-refractivity contribution in [2.24, 2.45) is 0 Å². The Morgan fingerprint density at radius 1 is 1.00 bits per heavy atom. The Hall–Kier alpha value is -3.72. The standard InChI is InChI=1S/C23H18F2N2O2/c24-20-10-16(11-21(25)13-20)8-9-27-23(28)17-6-3-7-22(12-17)29-15-19-5-2-1-4-18(19)14-26/h1-7,10-13H,8-9,15H2,(H,27,28). The van der Waals surface area contributed by atoms with Crippen molar-refractivity contribution in [3.05, 3.63) is 101 Å². The van der Waals surface area contributed by atoms with E-state index in [4.69, 9.17) is 10.00 Å². The van der Waals surface area contributed by atoms with Gasteiger partial charge in [-0.25, -0.2) is 8.78 Å². The molecule has 3 rings (SSSR count). The van der Waals surface area contributed by atoms with Crippen LogP contribution >= 0.6 is 0 Å². The summed E-state index contributed by atoms with van der Waals surface area (Å²) in [6, 6.07) is 19.2. The van der Waals surface area contributed by atoms with Crippen LogP contribution in [-0.2, 0) is 13.0 Å². The topological polar surface area (TPSA) is 62.1 Å². The van der Waals surface area contributed by atoms with E-state index in [0.717, 1.165) is 11.6 Å². The summed E-state index contributed by atoms with van der Waals surface area (Å²) in [5, 5.41) is 11.9. The second-order valence-corrected chi connectivity index (χ2v) is 6.37. The third-order valence-electron chi connectivity index (χ3n) is 4.25. The van der Waals surface area contributed by atoms with Crippen molar-refractivity contribution in [1.29, 1.82) is 5.26 Å². The van der Waals surface area contributed by atoms with Crippen molar-refractivity contribution in [3.63, 3.8) is 0 Å². The van der Waals surface area contributed by atoms with E-state index < -0.39 is 11.6 Å². The maximum Gasteiger partial charge on any atom is 0.251 e. The SMILES string of the molecule is N#Cc1ccccc1COc1cccc(C(=O)NCCc2cc(F)cc(F)c2)c1. The zero-order valence-corrected chi connectivity index (χ0v) is 15.5. The molecule has 0 aliphatic rings. The van der Waals surface area contributed by atoms with Crippen LogP contribution in [0.1, 0.15) is 27.0 Å². The van der Waals surface area contributed by atoms with E-state index in [9.17, 15) is 13.6 Å².